The van der Waals surface area contributed by atoms with Crippen LogP contribution in [0.5, 0.6) is 0 Å². The van der Waals surface area contributed by atoms with Crippen LogP contribution >= 0.6 is 11.6 Å². The first-order valence-electron chi connectivity index (χ1n) is 12.4. The molecule has 186 valence electrons. The van der Waals surface area contributed by atoms with E-state index in [0.29, 0.717) is 24.4 Å². The van der Waals surface area contributed by atoms with Gasteiger partial charge in [0.25, 0.3) is 5.91 Å². The molecule has 1 amide bonds. The predicted octanol–water partition coefficient (Wildman–Crippen LogP) is 5.96. The highest BCUT2D eigenvalue weighted by Gasteiger charge is 2.22. The first-order chi connectivity index (χ1) is 17.6. The summed E-state index contributed by atoms with van der Waals surface area (Å²) in [7, 11) is 0. The molecule has 0 unspecified atom stereocenters. The van der Waals surface area contributed by atoms with E-state index < -0.39 is 0 Å². The number of para-hydroxylation sites is 2. The molecule has 0 fully saturated rings. The predicted molar refractivity (Wildman–Crippen MR) is 149 cm³/mol. The minimum absolute atomic E-state index is 0.126. The minimum atomic E-state index is -0.266. The number of imidazole rings is 1. The second-order valence-corrected chi connectivity index (χ2v) is 9.00. The van der Waals surface area contributed by atoms with Gasteiger partial charge >= 0.3 is 0 Å². The quantitative estimate of drug-likeness (QED) is 0.115. The minimum Gasteiger partial charge on any atom is -0.386 e. The smallest absolute Gasteiger partial charge is 0.251 e. The molecule has 3 aromatic carbocycles. The summed E-state index contributed by atoms with van der Waals surface area (Å²) < 4.78 is 2.22. The number of hydrogen-bond acceptors (Lipinski definition) is 3. The number of rotatable bonds is 11. The molecule has 0 saturated heterocycles. The molecule has 1 heterocycles. The van der Waals surface area contributed by atoms with Gasteiger partial charge in [-0.05, 0) is 54.7 Å². The van der Waals surface area contributed by atoms with Crippen LogP contribution in [0.1, 0.15) is 48.4 Å². The maximum absolute atomic E-state index is 13.3. The number of aromatic nitrogens is 2. The van der Waals surface area contributed by atoms with Gasteiger partial charge in [-0.15, -0.1) is 11.6 Å². The van der Waals surface area contributed by atoms with Crippen LogP contribution in [-0.4, -0.2) is 33.7 Å². The number of carbonyl (C=O) groups excluding carboxylic acids is 1. The van der Waals surface area contributed by atoms with Crippen molar-refractivity contribution in [3.05, 3.63) is 90.3 Å². The Labute approximate surface area is 217 Å². The number of amidine groups is 1. The van der Waals surface area contributed by atoms with Gasteiger partial charge in [0.15, 0.2) is 0 Å². The molecule has 7 heteroatoms. The number of carbonyl (C=O) groups is 1. The molecule has 3 N–H and O–H groups in total. The molecule has 0 radical (unpaired) electrons. The van der Waals surface area contributed by atoms with Gasteiger partial charge in [-0.25, -0.2) is 4.98 Å². The van der Waals surface area contributed by atoms with Crippen molar-refractivity contribution in [3.8, 4) is 11.1 Å². The first kappa shape index (κ1) is 25.5. The number of halogens is 1. The van der Waals surface area contributed by atoms with Crippen LogP contribution in [0.4, 0.5) is 0 Å². The zero-order valence-corrected chi connectivity index (χ0v) is 21.3. The van der Waals surface area contributed by atoms with Crippen LogP contribution in [0, 0.1) is 0 Å². The summed E-state index contributed by atoms with van der Waals surface area (Å²) in [6.07, 6.45) is 2.39. The molecule has 4 aromatic rings. The van der Waals surface area contributed by atoms with E-state index in [9.17, 15) is 4.79 Å². The van der Waals surface area contributed by atoms with Crippen molar-refractivity contribution in [1.29, 1.82) is 0 Å². The van der Waals surface area contributed by atoms with Crippen molar-refractivity contribution in [2.75, 3.05) is 12.4 Å². The average molecular weight is 502 g/mol. The van der Waals surface area contributed by atoms with Crippen LogP contribution in [0.15, 0.2) is 83.9 Å². The van der Waals surface area contributed by atoms with E-state index in [4.69, 9.17) is 22.3 Å². The number of alkyl halides is 1. The normalized spacial score (nSPS) is 12.6. The molecule has 4 rings (SSSR count). The van der Waals surface area contributed by atoms with Crippen LogP contribution < -0.4 is 11.1 Å². The van der Waals surface area contributed by atoms with Crippen molar-refractivity contribution >= 4 is 34.4 Å². The van der Waals surface area contributed by atoms with Crippen molar-refractivity contribution in [2.45, 2.75) is 38.8 Å². The molecule has 6 nitrogen and oxygen atoms in total. The van der Waals surface area contributed by atoms with Gasteiger partial charge in [-0.2, -0.15) is 0 Å². The van der Waals surface area contributed by atoms with Crippen molar-refractivity contribution in [1.82, 2.24) is 14.9 Å². The molecule has 1 aromatic heterocycles. The van der Waals surface area contributed by atoms with Crippen molar-refractivity contribution in [3.63, 3.8) is 0 Å². The summed E-state index contributed by atoms with van der Waals surface area (Å²) in [5.74, 6) is 1.37. The Morgan fingerprint density at radius 3 is 2.44 bits per heavy atom. The topological polar surface area (TPSA) is 85.3 Å². The zero-order valence-electron chi connectivity index (χ0n) is 20.5. The summed E-state index contributed by atoms with van der Waals surface area (Å²) >= 11 is 5.75. The average Bonchev–Trinajstić information content (AvgIpc) is 3.29. The van der Waals surface area contributed by atoms with E-state index in [0.717, 1.165) is 47.4 Å². The summed E-state index contributed by atoms with van der Waals surface area (Å²) in [5.41, 5.74) is 10.6. The molecular formula is C29H32ClN5O. The molecule has 0 spiro atoms. The van der Waals surface area contributed by atoms with Gasteiger partial charge in [0, 0.05) is 18.7 Å². The van der Waals surface area contributed by atoms with Gasteiger partial charge in [0.1, 0.15) is 11.7 Å². The fourth-order valence-electron chi connectivity index (χ4n) is 4.33. The summed E-state index contributed by atoms with van der Waals surface area (Å²) in [5, 5.41) is 3.24. The lowest BCUT2D eigenvalue weighted by molar-refractivity contribution is 0.0931. The third-order valence-corrected chi connectivity index (χ3v) is 6.38. The largest absolute Gasteiger partial charge is 0.386 e. The fraction of sp³-hybridized carbons (Fsp3) is 0.276. The standard InChI is InChI=1S/C29H32ClN5O/c1-2-19-35-26-13-7-6-11-24(26)33-28(35)25(12-8-18-32-27(31)20-30)34-29(36)23-16-14-22(15-17-23)21-9-4-3-5-10-21/h3-7,9-11,13-17,25H,2,8,12,18-20H2,1H3,(H2,31,32)(H,34,36)/t25-/m0/s1. The summed E-state index contributed by atoms with van der Waals surface area (Å²) in [6.45, 7) is 3.51. The highest BCUT2D eigenvalue weighted by molar-refractivity contribution is 6.27. The summed E-state index contributed by atoms with van der Waals surface area (Å²) in [4.78, 5) is 22.6. The van der Waals surface area contributed by atoms with E-state index in [2.05, 4.69) is 40.0 Å². The van der Waals surface area contributed by atoms with E-state index >= 15 is 0 Å². The number of fused-ring (bicyclic) bond motifs is 1. The summed E-state index contributed by atoms with van der Waals surface area (Å²) in [6, 6.07) is 25.7. The van der Waals surface area contributed by atoms with Gasteiger partial charge in [0.2, 0.25) is 0 Å². The Hall–Kier alpha value is -3.64. The molecule has 36 heavy (non-hydrogen) atoms. The lowest BCUT2D eigenvalue weighted by Gasteiger charge is -2.20. The molecule has 0 aliphatic heterocycles. The Kier molecular flexibility index (Phi) is 8.74. The highest BCUT2D eigenvalue weighted by Crippen LogP contribution is 2.25. The zero-order chi connectivity index (χ0) is 25.3. The fourth-order valence-corrected chi connectivity index (χ4v) is 4.42. The van der Waals surface area contributed by atoms with Crippen molar-refractivity contribution < 1.29 is 4.79 Å². The number of nitrogens with two attached hydrogens (primary N) is 1. The molecule has 0 saturated carbocycles. The van der Waals surface area contributed by atoms with Crippen LogP contribution in [0.3, 0.4) is 0 Å². The SMILES string of the molecule is CCCn1c([C@H](CCCN=C(N)CCl)NC(=O)c2ccc(-c3ccccc3)cc2)nc2ccccc21. The third kappa shape index (κ3) is 6.13. The Morgan fingerprint density at radius 2 is 1.72 bits per heavy atom. The van der Waals surface area contributed by atoms with Gasteiger partial charge in [0.05, 0.1) is 23.0 Å². The van der Waals surface area contributed by atoms with E-state index in [-0.39, 0.29) is 17.8 Å². The molecule has 0 aliphatic carbocycles. The molecule has 1 atom stereocenters. The van der Waals surface area contributed by atoms with Crippen LogP contribution in [-0.2, 0) is 6.54 Å². The second-order valence-electron chi connectivity index (χ2n) is 8.73. The van der Waals surface area contributed by atoms with Gasteiger partial charge < -0.3 is 15.6 Å². The van der Waals surface area contributed by atoms with Crippen molar-refractivity contribution in [2.24, 2.45) is 10.7 Å². The third-order valence-electron chi connectivity index (χ3n) is 6.11. The maximum Gasteiger partial charge on any atom is 0.251 e. The number of hydrogen-bond donors (Lipinski definition) is 2. The van der Waals surface area contributed by atoms with E-state index in [1.165, 1.54) is 0 Å². The number of nitrogens with zero attached hydrogens (tertiary/aromatic N) is 3. The number of aliphatic imine (C=N–C) groups is 1. The lowest BCUT2D eigenvalue weighted by atomic mass is 10.0. The lowest BCUT2D eigenvalue weighted by Crippen LogP contribution is -2.31. The number of amides is 1. The molecule has 0 aliphatic rings. The Morgan fingerprint density at radius 1 is 1.03 bits per heavy atom. The monoisotopic (exact) mass is 501 g/mol. The maximum atomic E-state index is 13.3. The van der Waals surface area contributed by atoms with E-state index in [1.807, 2.05) is 60.7 Å². The Bertz CT molecular complexity index is 1310. The number of nitrogens with one attached hydrogen (secondary N) is 1. The molecular weight excluding hydrogens is 470 g/mol. The first-order valence-corrected chi connectivity index (χ1v) is 12.9. The van der Waals surface area contributed by atoms with Gasteiger partial charge in [-0.1, -0.05) is 61.5 Å². The van der Waals surface area contributed by atoms with Crippen LogP contribution in [0.2, 0.25) is 0 Å². The highest BCUT2D eigenvalue weighted by atomic mass is 35.5. The molecule has 0 bridgehead atoms. The number of benzene rings is 3. The van der Waals surface area contributed by atoms with E-state index in [1.54, 1.807) is 0 Å². The number of aryl methyl sites for hydroxylation is 1. The van der Waals surface area contributed by atoms with Gasteiger partial charge in [-0.3, -0.25) is 9.79 Å². The van der Waals surface area contributed by atoms with Crippen LogP contribution in [0.25, 0.3) is 22.2 Å². The Balaban J connectivity index is 1.59. The second kappa shape index (κ2) is 12.4.